The van der Waals surface area contributed by atoms with E-state index in [4.69, 9.17) is 4.74 Å². The van der Waals surface area contributed by atoms with Gasteiger partial charge in [0, 0.05) is 0 Å². The summed E-state index contributed by atoms with van der Waals surface area (Å²) in [6, 6.07) is 0. The molecule has 5 atom stereocenters. The molecule has 0 spiro atoms. The Bertz CT molecular complexity index is 196. The van der Waals surface area contributed by atoms with Crippen molar-refractivity contribution in [3.8, 4) is 0 Å². The van der Waals surface area contributed by atoms with Gasteiger partial charge >= 0.3 is 0 Å². The second-order valence-corrected chi connectivity index (χ2v) is 5.01. The third-order valence-electron chi connectivity index (χ3n) is 3.25. The fourth-order valence-electron chi connectivity index (χ4n) is 2.33. The smallest absolute Gasteiger partial charge is 0.155 e. The van der Waals surface area contributed by atoms with Crippen molar-refractivity contribution in [3.63, 3.8) is 0 Å². The van der Waals surface area contributed by atoms with E-state index in [9.17, 15) is 9.50 Å². The number of aliphatic hydroxyl groups is 1. The van der Waals surface area contributed by atoms with E-state index >= 15 is 0 Å². The highest BCUT2D eigenvalue weighted by Gasteiger charge is 2.46. The minimum atomic E-state index is -1.23. The molecule has 0 aromatic rings. The van der Waals surface area contributed by atoms with Gasteiger partial charge in [-0.15, -0.1) is 0 Å². The maximum atomic E-state index is 13.7. The number of alkyl halides is 1. The lowest BCUT2D eigenvalue weighted by atomic mass is 9.93. The predicted octanol–water partition coefficient (Wildman–Crippen LogP) is 2.55. The number of rotatable bonds is 4. The molecule has 2 unspecified atom stereocenters. The van der Waals surface area contributed by atoms with Gasteiger partial charge in [-0.2, -0.15) is 0 Å². The third kappa shape index (κ3) is 2.70. The average molecular weight is 218 g/mol. The van der Waals surface area contributed by atoms with Crippen LogP contribution in [0.3, 0.4) is 0 Å². The lowest BCUT2D eigenvalue weighted by molar-refractivity contribution is -0.0367. The maximum Gasteiger partial charge on any atom is 0.155 e. The monoisotopic (exact) mass is 218 g/mol. The summed E-state index contributed by atoms with van der Waals surface area (Å²) in [5, 5.41) is 9.77. The molecule has 1 N–H and O–H groups in total. The van der Waals surface area contributed by atoms with Gasteiger partial charge < -0.3 is 9.84 Å². The molecule has 1 saturated heterocycles. The molecule has 0 aromatic heterocycles. The Kier molecular flexibility index (Phi) is 4.53. The highest BCUT2D eigenvalue weighted by atomic mass is 19.1. The van der Waals surface area contributed by atoms with Gasteiger partial charge in [0.1, 0.15) is 6.10 Å². The van der Waals surface area contributed by atoms with E-state index in [1.807, 2.05) is 20.8 Å². The third-order valence-corrected chi connectivity index (χ3v) is 3.25. The van der Waals surface area contributed by atoms with E-state index in [1.54, 1.807) is 0 Å². The summed E-state index contributed by atoms with van der Waals surface area (Å²) in [5.41, 5.74) is 0. The molecule has 1 aliphatic heterocycles. The minimum Gasteiger partial charge on any atom is -0.387 e. The Morgan fingerprint density at radius 1 is 1.27 bits per heavy atom. The SMILES string of the molecule is CCCC(C)[C@H]1OC(C(C)C)[C@@H](F)[C@@H]1O. The maximum absolute atomic E-state index is 13.7. The number of hydrogen-bond donors (Lipinski definition) is 1. The van der Waals surface area contributed by atoms with E-state index in [-0.39, 0.29) is 17.9 Å². The van der Waals surface area contributed by atoms with Crippen molar-refractivity contribution in [2.75, 3.05) is 0 Å². The first kappa shape index (κ1) is 12.9. The Morgan fingerprint density at radius 2 is 1.87 bits per heavy atom. The minimum absolute atomic E-state index is 0.119. The first-order valence-corrected chi connectivity index (χ1v) is 5.96. The normalized spacial score (nSPS) is 38.6. The molecule has 1 heterocycles. The average Bonchev–Trinajstić information content (AvgIpc) is 2.45. The van der Waals surface area contributed by atoms with Crippen LogP contribution in [0.15, 0.2) is 0 Å². The first-order valence-electron chi connectivity index (χ1n) is 5.96. The van der Waals surface area contributed by atoms with Gasteiger partial charge in [0.05, 0.1) is 12.2 Å². The van der Waals surface area contributed by atoms with Crippen molar-refractivity contribution in [1.82, 2.24) is 0 Å². The van der Waals surface area contributed by atoms with Crippen LogP contribution in [0.25, 0.3) is 0 Å². The molecule has 15 heavy (non-hydrogen) atoms. The molecule has 0 amide bonds. The van der Waals surface area contributed by atoms with E-state index < -0.39 is 18.4 Å². The van der Waals surface area contributed by atoms with Gasteiger partial charge in [-0.05, 0) is 18.3 Å². The van der Waals surface area contributed by atoms with Gasteiger partial charge in [0.2, 0.25) is 0 Å². The van der Waals surface area contributed by atoms with Crippen LogP contribution in [0, 0.1) is 11.8 Å². The van der Waals surface area contributed by atoms with Gasteiger partial charge in [0.15, 0.2) is 6.17 Å². The van der Waals surface area contributed by atoms with E-state index in [0.717, 1.165) is 12.8 Å². The van der Waals surface area contributed by atoms with Gasteiger partial charge in [-0.1, -0.05) is 34.1 Å². The predicted molar refractivity (Wildman–Crippen MR) is 58.5 cm³/mol. The van der Waals surface area contributed by atoms with Gasteiger partial charge in [-0.25, -0.2) is 4.39 Å². The summed E-state index contributed by atoms with van der Waals surface area (Å²) >= 11 is 0. The highest BCUT2D eigenvalue weighted by molar-refractivity contribution is 4.94. The second-order valence-electron chi connectivity index (χ2n) is 5.01. The van der Waals surface area contributed by atoms with Crippen molar-refractivity contribution in [3.05, 3.63) is 0 Å². The Labute approximate surface area is 91.8 Å². The molecule has 3 heteroatoms. The molecule has 1 fully saturated rings. The fourth-order valence-corrected chi connectivity index (χ4v) is 2.33. The second kappa shape index (κ2) is 5.26. The quantitative estimate of drug-likeness (QED) is 0.785. The lowest BCUT2D eigenvalue weighted by Crippen LogP contribution is -2.33. The Morgan fingerprint density at radius 3 is 2.27 bits per heavy atom. The molecule has 90 valence electrons. The number of halogens is 1. The highest BCUT2D eigenvalue weighted by Crippen LogP contribution is 2.33. The molecular weight excluding hydrogens is 195 g/mol. The zero-order valence-corrected chi connectivity index (χ0v) is 10.1. The van der Waals surface area contributed by atoms with Crippen LogP contribution in [0.1, 0.15) is 40.5 Å². The Balaban J connectivity index is 2.62. The van der Waals surface area contributed by atoms with Crippen LogP contribution in [-0.4, -0.2) is 29.6 Å². The van der Waals surface area contributed by atoms with Crippen molar-refractivity contribution in [1.29, 1.82) is 0 Å². The molecule has 0 aromatic carbocycles. The molecule has 0 aliphatic carbocycles. The standard InChI is InChI=1S/C12H23FO2/c1-5-6-8(4)12-10(14)9(13)11(15-12)7(2)3/h7-12,14H,5-6H2,1-4H3/t8?,9-,10-,11?,12+/m0/s1. The summed E-state index contributed by atoms with van der Waals surface area (Å²) in [5.74, 6) is 0.348. The van der Waals surface area contributed by atoms with Crippen LogP contribution in [0.4, 0.5) is 4.39 Å². The zero-order chi connectivity index (χ0) is 11.6. The van der Waals surface area contributed by atoms with E-state index in [0.29, 0.717) is 0 Å². The van der Waals surface area contributed by atoms with Crippen LogP contribution in [0.2, 0.25) is 0 Å². The zero-order valence-electron chi connectivity index (χ0n) is 10.1. The molecule has 0 saturated carbocycles. The lowest BCUT2D eigenvalue weighted by Gasteiger charge is -2.22. The van der Waals surface area contributed by atoms with Crippen molar-refractivity contribution < 1.29 is 14.2 Å². The summed E-state index contributed by atoms with van der Waals surface area (Å²) in [6.45, 7) is 7.96. The van der Waals surface area contributed by atoms with Crippen LogP contribution >= 0.6 is 0 Å². The fraction of sp³-hybridized carbons (Fsp3) is 1.00. The van der Waals surface area contributed by atoms with Gasteiger partial charge in [-0.3, -0.25) is 0 Å². The summed E-state index contributed by atoms with van der Waals surface area (Å²) in [6.07, 6.45) is -0.930. The van der Waals surface area contributed by atoms with Crippen molar-refractivity contribution >= 4 is 0 Å². The van der Waals surface area contributed by atoms with Gasteiger partial charge in [0.25, 0.3) is 0 Å². The molecule has 2 nitrogen and oxygen atoms in total. The summed E-state index contributed by atoms with van der Waals surface area (Å²) in [7, 11) is 0. The largest absolute Gasteiger partial charge is 0.387 e. The number of aliphatic hydroxyl groups excluding tert-OH is 1. The van der Waals surface area contributed by atoms with Crippen LogP contribution in [-0.2, 0) is 4.74 Å². The molecule has 1 aliphatic rings. The van der Waals surface area contributed by atoms with Crippen LogP contribution < -0.4 is 0 Å². The van der Waals surface area contributed by atoms with Crippen LogP contribution in [0.5, 0.6) is 0 Å². The van der Waals surface area contributed by atoms with Crippen molar-refractivity contribution in [2.24, 2.45) is 11.8 Å². The van der Waals surface area contributed by atoms with E-state index in [1.165, 1.54) is 0 Å². The summed E-state index contributed by atoms with van der Waals surface area (Å²) in [4.78, 5) is 0. The van der Waals surface area contributed by atoms with E-state index in [2.05, 4.69) is 6.92 Å². The Hall–Kier alpha value is -0.150. The number of ether oxygens (including phenoxy) is 1. The number of hydrogen-bond acceptors (Lipinski definition) is 2. The summed E-state index contributed by atoms with van der Waals surface area (Å²) < 4.78 is 19.3. The topological polar surface area (TPSA) is 29.5 Å². The molecule has 1 rings (SSSR count). The molecule has 0 radical (unpaired) electrons. The first-order chi connectivity index (χ1) is 6.99. The molecular formula is C12H23FO2. The van der Waals surface area contributed by atoms with Crippen molar-refractivity contribution in [2.45, 2.75) is 65.0 Å². The molecule has 0 bridgehead atoms.